The van der Waals surface area contributed by atoms with E-state index in [0.717, 1.165) is 16.9 Å². The first-order chi connectivity index (χ1) is 15.2. The van der Waals surface area contributed by atoms with Crippen molar-refractivity contribution in [2.24, 2.45) is 7.05 Å². The highest BCUT2D eigenvalue weighted by atomic mass is 32.2. The van der Waals surface area contributed by atoms with E-state index in [-0.39, 0.29) is 24.2 Å². The van der Waals surface area contributed by atoms with Crippen LogP contribution < -0.4 is 10.1 Å². The maximum atomic E-state index is 12.4. The quantitative estimate of drug-likeness (QED) is 0.500. The predicted octanol–water partition coefficient (Wildman–Crippen LogP) is 3.21. The lowest BCUT2D eigenvalue weighted by molar-refractivity contribution is -0.113. The third kappa shape index (κ3) is 5.65. The first-order valence-corrected chi connectivity index (χ1v) is 11.7. The Bertz CT molecular complexity index is 1140. The number of carbonyl (C=O) groups excluding carboxylic acids is 2. The molecule has 0 fully saturated rings. The Hall–Kier alpha value is -2.92. The molecule has 2 heterocycles. The highest BCUT2D eigenvalue weighted by molar-refractivity contribution is 7.99. The SMILES string of the molecule is Cc1ccc(C)c(OCc2nnc(SCC(=O)Nc3nc(C)c(C(=O)N(C)C)s3)n2C)c1. The van der Waals surface area contributed by atoms with Crippen molar-refractivity contribution in [2.45, 2.75) is 32.5 Å². The van der Waals surface area contributed by atoms with Crippen molar-refractivity contribution < 1.29 is 14.3 Å². The molecule has 11 heteroatoms. The average molecular weight is 475 g/mol. The van der Waals surface area contributed by atoms with Crippen LogP contribution in [0.1, 0.15) is 32.3 Å². The van der Waals surface area contributed by atoms with Gasteiger partial charge in [0.15, 0.2) is 16.1 Å². The number of nitrogens with one attached hydrogen (secondary N) is 1. The number of ether oxygens (including phenoxy) is 1. The molecule has 2 amide bonds. The minimum absolute atomic E-state index is 0.135. The summed E-state index contributed by atoms with van der Waals surface area (Å²) in [7, 11) is 5.20. The van der Waals surface area contributed by atoms with Crippen LogP contribution >= 0.6 is 23.1 Å². The Morgan fingerprint density at radius 1 is 1.22 bits per heavy atom. The largest absolute Gasteiger partial charge is 0.485 e. The lowest BCUT2D eigenvalue weighted by atomic mass is 10.1. The molecule has 1 N–H and O–H groups in total. The topological polar surface area (TPSA) is 102 Å². The number of hydrogen-bond donors (Lipinski definition) is 1. The Balaban J connectivity index is 1.56. The van der Waals surface area contributed by atoms with Gasteiger partial charge < -0.3 is 19.5 Å². The van der Waals surface area contributed by atoms with Gasteiger partial charge in [-0.1, -0.05) is 35.2 Å². The third-order valence-corrected chi connectivity index (χ3v) is 6.68. The number of rotatable bonds is 8. The second-order valence-corrected chi connectivity index (χ2v) is 9.43. The number of benzene rings is 1. The summed E-state index contributed by atoms with van der Waals surface area (Å²) in [4.78, 5) is 30.8. The minimum Gasteiger partial charge on any atom is -0.485 e. The number of thiazole rings is 1. The second-order valence-electron chi connectivity index (χ2n) is 7.49. The molecular weight excluding hydrogens is 448 g/mol. The molecule has 0 atom stereocenters. The maximum Gasteiger partial charge on any atom is 0.265 e. The summed E-state index contributed by atoms with van der Waals surface area (Å²) in [5, 5.41) is 12.1. The van der Waals surface area contributed by atoms with E-state index in [1.807, 2.05) is 43.7 Å². The number of aryl methyl sites for hydroxylation is 3. The molecule has 0 bridgehead atoms. The van der Waals surface area contributed by atoms with E-state index in [1.165, 1.54) is 28.0 Å². The summed E-state index contributed by atoms with van der Waals surface area (Å²) in [6.07, 6.45) is 0. The summed E-state index contributed by atoms with van der Waals surface area (Å²) in [5.41, 5.74) is 2.77. The molecule has 3 aromatic rings. The summed E-state index contributed by atoms with van der Waals surface area (Å²) in [6.45, 7) is 6.04. The molecule has 0 spiro atoms. The zero-order valence-electron chi connectivity index (χ0n) is 18.9. The third-order valence-electron chi connectivity index (χ3n) is 4.60. The molecule has 2 aromatic heterocycles. The summed E-state index contributed by atoms with van der Waals surface area (Å²) < 4.78 is 7.71. The van der Waals surface area contributed by atoms with Gasteiger partial charge >= 0.3 is 0 Å². The normalized spacial score (nSPS) is 10.8. The Morgan fingerprint density at radius 3 is 2.69 bits per heavy atom. The van der Waals surface area contributed by atoms with Crippen molar-refractivity contribution in [3.8, 4) is 5.75 Å². The van der Waals surface area contributed by atoms with E-state index in [0.29, 0.717) is 26.7 Å². The van der Waals surface area contributed by atoms with Crippen LogP contribution in [0.4, 0.5) is 5.13 Å². The van der Waals surface area contributed by atoms with Gasteiger partial charge in [-0.15, -0.1) is 10.2 Å². The van der Waals surface area contributed by atoms with Gasteiger partial charge in [-0.2, -0.15) is 0 Å². The highest BCUT2D eigenvalue weighted by Crippen LogP contribution is 2.25. The Kier molecular flexibility index (Phi) is 7.52. The molecule has 0 aliphatic rings. The number of thioether (sulfide) groups is 1. The van der Waals surface area contributed by atoms with Crippen molar-refractivity contribution in [2.75, 3.05) is 25.2 Å². The van der Waals surface area contributed by atoms with Gasteiger partial charge in [-0.3, -0.25) is 9.59 Å². The number of nitrogens with zero attached hydrogens (tertiary/aromatic N) is 5. The lowest BCUT2D eigenvalue weighted by Crippen LogP contribution is -2.21. The summed E-state index contributed by atoms with van der Waals surface area (Å²) in [6, 6.07) is 6.05. The number of aromatic nitrogens is 4. The van der Waals surface area contributed by atoms with Crippen LogP contribution in [-0.2, 0) is 18.4 Å². The van der Waals surface area contributed by atoms with Crippen molar-refractivity contribution in [1.29, 1.82) is 0 Å². The first kappa shape index (κ1) is 23.7. The van der Waals surface area contributed by atoms with Crippen molar-refractivity contribution in [3.05, 3.63) is 45.7 Å². The van der Waals surface area contributed by atoms with Crippen molar-refractivity contribution in [1.82, 2.24) is 24.6 Å². The van der Waals surface area contributed by atoms with Crippen LogP contribution in [0.5, 0.6) is 5.75 Å². The highest BCUT2D eigenvalue weighted by Gasteiger charge is 2.18. The summed E-state index contributed by atoms with van der Waals surface area (Å²) in [5.74, 6) is 1.25. The second kappa shape index (κ2) is 10.1. The lowest BCUT2D eigenvalue weighted by Gasteiger charge is -2.09. The van der Waals surface area contributed by atoms with E-state index in [1.54, 1.807) is 21.0 Å². The zero-order chi connectivity index (χ0) is 23.4. The first-order valence-electron chi connectivity index (χ1n) is 9.85. The molecule has 170 valence electrons. The molecule has 0 saturated carbocycles. The van der Waals surface area contributed by atoms with Crippen LogP contribution in [0.25, 0.3) is 0 Å². The molecule has 1 aromatic carbocycles. The van der Waals surface area contributed by atoms with E-state index in [9.17, 15) is 9.59 Å². The van der Waals surface area contributed by atoms with E-state index >= 15 is 0 Å². The van der Waals surface area contributed by atoms with Gasteiger partial charge in [0.25, 0.3) is 5.91 Å². The van der Waals surface area contributed by atoms with Gasteiger partial charge in [0, 0.05) is 21.1 Å². The summed E-state index contributed by atoms with van der Waals surface area (Å²) >= 11 is 2.43. The Labute approximate surface area is 195 Å². The van der Waals surface area contributed by atoms with Crippen molar-refractivity contribution in [3.63, 3.8) is 0 Å². The van der Waals surface area contributed by atoms with E-state index in [4.69, 9.17) is 4.74 Å². The standard InChI is InChI=1S/C21H26N6O3S2/c1-12-7-8-13(2)15(9-12)30-10-16-24-25-21(27(16)6)31-11-17(28)23-20-22-14(3)18(32-20)19(29)26(4)5/h7-9H,10-11H2,1-6H3,(H,22,23,28). The fourth-order valence-electron chi connectivity index (χ4n) is 2.74. The van der Waals surface area contributed by atoms with Crippen LogP contribution in [0.2, 0.25) is 0 Å². The van der Waals surface area contributed by atoms with Crippen molar-refractivity contribution >= 4 is 40.0 Å². The Morgan fingerprint density at radius 2 is 1.97 bits per heavy atom. The molecular formula is C21H26N6O3S2. The van der Waals surface area contributed by atoms with Gasteiger partial charge in [0.05, 0.1) is 11.4 Å². The number of hydrogen-bond acceptors (Lipinski definition) is 8. The molecule has 0 aliphatic carbocycles. The minimum atomic E-state index is -0.233. The molecule has 3 rings (SSSR count). The van der Waals surface area contributed by atoms with Crippen LogP contribution in [0.15, 0.2) is 23.4 Å². The number of anilines is 1. The van der Waals surface area contributed by atoms with Crippen LogP contribution in [0.3, 0.4) is 0 Å². The molecule has 9 nitrogen and oxygen atoms in total. The van der Waals surface area contributed by atoms with E-state index in [2.05, 4.69) is 20.5 Å². The fraction of sp³-hybridized carbons (Fsp3) is 0.381. The average Bonchev–Trinajstić information content (AvgIpc) is 3.28. The molecule has 0 radical (unpaired) electrons. The van der Waals surface area contributed by atoms with Gasteiger partial charge in [0.1, 0.15) is 17.2 Å². The monoisotopic (exact) mass is 474 g/mol. The van der Waals surface area contributed by atoms with Gasteiger partial charge in [-0.25, -0.2) is 4.98 Å². The molecule has 32 heavy (non-hydrogen) atoms. The fourth-order valence-corrected chi connectivity index (χ4v) is 4.47. The molecule has 0 aliphatic heterocycles. The zero-order valence-corrected chi connectivity index (χ0v) is 20.6. The predicted molar refractivity (Wildman–Crippen MR) is 125 cm³/mol. The van der Waals surface area contributed by atoms with E-state index < -0.39 is 0 Å². The van der Waals surface area contributed by atoms with Gasteiger partial charge in [-0.05, 0) is 38.0 Å². The number of carbonyl (C=O) groups is 2. The number of amides is 2. The molecule has 0 unspecified atom stereocenters. The van der Waals surface area contributed by atoms with Crippen LogP contribution in [0, 0.1) is 20.8 Å². The van der Waals surface area contributed by atoms with Crippen LogP contribution in [-0.4, -0.2) is 56.3 Å². The smallest absolute Gasteiger partial charge is 0.265 e. The molecule has 0 saturated heterocycles. The maximum absolute atomic E-state index is 12.4. The van der Waals surface area contributed by atoms with Gasteiger partial charge in [0.2, 0.25) is 5.91 Å².